The molecule has 0 spiro atoms. The number of halogens is 1. The van der Waals surface area contributed by atoms with Gasteiger partial charge in [-0.1, -0.05) is 17.7 Å². The molecule has 3 nitrogen and oxygen atoms in total. The first-order valence-electron chi connectivity index (χ1n) is 6.77. The Morgan fingerprint density at radius 3 is 2.30 bits per heavy atom. The third-order valence-electron chi connectivity index (χ3n) is 4.03. The van der Waals surface area contributed by atoms with Crippen molar-refractivity contribution in [2.75, 3.05) is 0 Å². The maximum absolute atomic E-state index is 8.68. The molecule has 5 heteroatoms. The van der Waals surface area contributed by atoms with E-state index in [1.165, 1.54) is 0 Å². The van der Waals surface area contributed by atoms with Gasteiger partial charge in [0, 0.05) is 11.4 Å². The molecule has 0 radical (unpaired) electrons. The third kappa shape index (κ3) is 3.01. The van der Waals surface area contributed by atoms with Crippen LogP contribution in [0.3, 0.4) is 0 Å². The van der Waals surface area contributed by atoms with Gasteiger partial charge in [0.2, 0.25) is 0 Å². The van der Waals surface area contributed by atoms with E-state index in [0.717, 1.165) is 11.0 Å². The fraction of sp³-hybridized carbons (Fsp3) is 0.533. The van der Waals surface area contributed by atoms with Crippen LogP contribution in [0.2, 0.25) is 5.02 Å². The predicted molar refractivity (Wildman–Crippen MR) is 81.1 cm³/mol. The number of benzene rings is 1. The molecule has 0 N–H and O–H groups in total. The Morgan fingerprint density at radius 1 is 1.15 bits per heavy atom. The van der Waals surface area contributed by atoms with Gasteiger partial charge in [0.1, 0.15) is 0 Å². The predicted octanol–water partition coefficient (Wildman–Crippen LogP) is 3.10. The molecule has 1 aliphatic heterocycles. The van der Waals surface area contributed by atoms with Gasteiger partial charge in [-0.3, -0.25) is 0 Å². The molecule has 1 heterocycles. The second kappa shape index (κ2) is 5.40. The van der Waals surface area contributed by atoms with Gasteiger partial charge in [-0.25, -0.2) is 0 Å². The van der Waals surface area contributed by atoms with Crippen molar-refractivity contribution in [3.8, 4) is 6.07 Å². The van der Waals surface area contributed by atoms with E-state index in [0.29, 0.717) is 17.9 Å². The molecule has 1 aromatic carbocycles. The first-order valence-corrected chi connectivity index (χ1v) is 7.15. The van der Waals surface area contributed by atoms with Crippen molar-refractivity contribution in [1.29, 1.82) is 5.26 Å². The number of aryl methyl sites for hydroxylation is 1. The quantitative estimate of drug-likeness (QED) is 0.804. The summed E-state index contributed by atoms with van der Waals surface area (Å²) in [5, 5.41) is 9.33. The average molecular weight is 292 g/mol. The maximum atomic E-state index is 8.68. The lowest BCUT2D eigenvalue weighted by molar-refractivity contribution is 0.00578. The fourth-order valence-electron chi connectivity index (χ4n) is 2.14. The van der Waals surface area contributed by atoms with Crippen molar-refractivity contribution in [2.24, 2.45) is 0 Å². The summed E-state index contributed by atoms with van der Waals surface area (Å²) in [5.74, 6) is 0. The van der Waals surface area contributed by atoms with Gasteiger partial charge < -0.3 is 9.31 Å². The molecule has 1 fully saturated rings. The monoisotopic (exact) mass is 291 g/mol. The largest absolute Gasteiger partial charge is 0.494 e. The molecule has 0 unspecified atom stereocenters. The molecule has 106 valence electrons. The minimum atomic E-state index is -0.417. The zero-order valence-electron chi connectivity index (χ0n) is 12.4. The van der Waals surface area contributed by atoms with Gasteiger partial charge >= 0.3 is 7.12 Å². The summed E-state index contributed by atoms with van der Waals surface area (Å²) in [6, 6.07) is 7.89. The SMILES string of the molecule is CC1(C)OB(c2cc(Cl)cc(CCC#N)c2)OC1(C)C. The Balaban J connectivity index is 2.26. The van der Waals surface area contributed by atoms with E-state index < -0.39 is 7.12 Å². The minimum Gasteiger partial charge on any atom is -0.399 e. The van der Waals surface area contributed by atoms with E-state index in [1.807, 2.05) is 45.9 Å². The number of rotatable bonds is 3. The fourth-order valence-corrected chi connectivity index (χ4v) is 2.40. The highest BCUT2D eigenvalue weighted by molar-refractivity contribution is 6.62. The Bertz CT molecular complexity index is 535. The van der Waals surface area contributed by atoms with Crippen molar-refractivity contribution < 1.29 is 9.31 Å². The third-order valence-corrected chi connectivity index (χ3v) is 4.25. The Labute approximate surface area is 126 Å². The van der Waals surface area contributed by atoms with Crippen LogP contribution in [0, 0.1) is 11.3 Å². The molecule has 1 aromatic rings. The van der Waals surface area contributed by atoms with Crippen LogP contribution >= 0.6 is 11.6 Å². The van der Waals surface area contributed by atoms with E-state index in [9.17, 15) is 0 Å². The summed E-state index contributed by atoms with van der Waals surface area (Å²) in [5.41, 5.74) is 1.20. The van der Waals surface area contributed by atoms with Crippen molar-refractivity contribution in [3.63, 3.8) is 0 Å². The lowest BCUT2D eigenvalue weighted by atomic mass is 9.78. The van der Waals surface area contributed by atoms with Crippen LogP contribution in [0.15, 0.2) is 18.2 Å². The van der Waals surface area contributed by atoms with Crippen molar-refractivity contribution in [2.45, 2.75) is 51.7 Å². The van der Waals surface area contributed by atoms with Crippen LogP contribution in [-0.4, -0.2) is 18.3 Å². The summed E-state index contributed by atoms with van der Waals surface area (Å²) in [4.78, 5) is 0. The van der Waals surface area contributed by atoms with Crippen LogP contribution in [-0.2, 0) is 15.7 Å². The highest BCUT2D eigenvalue weighted by Crippen LogP contribution is 2.36. The summed E-state index contributed by atoms with van der Waals surface area (Å²) in [6.45, 7) is 8.09. The van der Waals surface area contributed by atoms with Crippen molar-refractivity contribution in [1.82, 2.24) is 0 Å². The zero-order valence-corrected chi connectivity index (χ0v) is 13.1. The number of hydrogen-bond donors (Lipinski definition) is 0. The Hall–Kier alpha value is -1.02. The molecule has 0 aliphatic carbocycles. The molecule has 0 aromatic heterocycles. The molecule has 0 atom stereocenters. The summed E-state index contributed by atoms with van der Waals surface area (Å²) in [7, 11) is -0.417. The van der Waals surface area contributed by atoms with Gasteiger partial charge in [0.25, 0.3) is 0 Å². The van der Waals surface area contributed by atoms with Crippen LogP contribution in [0.4, 0.5) is 0 Å². The number of nitrogens with zero attached hydrogens (tertiary/aromatic N) is 1. The van der Waals surface area contributed by atoms with Crippen LogP contribution in [0.1, 0.15) is 39.7 Å². The number of nitriles is 1. The Morgan fingerprint density at radius 2 is 1.75 bits per heavy atom. The second-order valence-corrected chi connectivity index (χ2v) is 6.58. The van der Waals surface area contributed by atoms with E-state index in [4.69, 9.17) is 26.2 Å². The topological polar surface area (TPSA) is 42.2 Å². The van der Waals surface area contributed by atoms with Gasteiger partial charge in [0.05, 0.1) is 17.3 Å². The average Bonchev–Trinajstić information content (AvgIpc) is 2.55. The van der Waals surface area contributed by atoms with E-state index in [2.05, 4.69) is 6.07 Å². The zero-order chi connectivity index (χ0) is 15.0. The van der Waals surface area contributed by atoms with E-state index >= 15 is 0 Å². The standard InChI is InChI=1S/C15H19BClNO2/c1-14(2)15(3,4)20-16(19-14)12-8-11(6-5-7-18)9-13(17)10-12/h8-10H,5-6H2,1-4H3. The molecule has 2 rings (SSSR count). The molecule has 0 amide bonds. The van der Waals surface area contributed by atoms with Gasteiger partial charge in [-0.15, -0.1) is 0 Å². The Kier molecular flexibility index (Phi) is 4.15. The molecule has 20 heavy (non-hydrogen) atoms. The normalized spacial score (nSPS) is 19.9. The summed E-state index contributed by atoms with van der Waals surface area (Å²) >= 11 is 6.16. The van der Waals surface area contributed by atoms with Crippen molar-refractivity contribution in [3.05, 3.63) is 28.8 Å². The van der Waals surface area contributed by atoms with E-state index in [1.54, 1.807) is 0 Å². The van der Waals surface area contributed by atoms with Crippen LogP contribution < -0.4 is 5.46 Å². The minimum absolute atomic E-state index is 0.368. The first kappa shape index (κ1) is 15.4. The second-order valence-electron chi connectivity index (χ2n) is 6.14. The maximum Gasteiger partial charge on any atom is 0.494 e. The molecule has 1 saturated heterocycles. The molecular weight excluding hydrogens is 272 g/mol. The van der Waals surface area contributed by atoms with Crippen molar-refractivity contribution >= 4 is 24.2 Å². The van der Waals surface area contributed by atoms with Gasteiger partial charge in [-0.2, -0.15) is 5.26 Å². The molecule has 0 bridgehead atoms. The van der Waals surface area contributed by atoms with Gasteiger partial charge in [-0.05, 0) is 57.3 Å². The first-order chi connectivity index (χ1) is 9.25. The molecular formula is C15H19BClNO2. The smallest absolute Gasteiger partial charge is 0.399 e. The molecule has 1 aliphatic rings. The molecule has 0 saturated carbocycles. The van der Waals surface area contributed by atoms with Crippen LogP contribution in [0.5, 0.6) is 0 Å². The summed E-state index contributed by atoms with van der Waals surface area (Å²) in [6.07, 6.45) is 1.16. The summed E-state index contributed by atoms with van der Waals surface area (Å²) < 4.78 is 12.0. The van der Waals surface area contributed by atoms with E-state index in [-0.39, 0.29) is 11.2 Å². The van der Waals surface area contributed by atoms with Gasteiger partial charge in [0.15, 0.2) is 0 Å². The van der Waals surface area contributed by atoms with Crippen LogP contribution in [0.25, 0.3) is 0 Å². The lowest BCUT2D eigenvalue weighted by Crippen LogP contribution is -2.41. The highest BCUT2D eigenvalue weighted by atomic mass is 35.5. The highest BCUT2D eigenvalue weighted by Gasteiger charge is 2.51. The number of hydrogen-bond acceptors (Lipinski definition) is 3. The lowest BCUT2D eigenvalue weighted by Gasteiger charge is -2.32.